The van der Waals surface area contributed by atoms with E-state index in [0.717, 1.165) is 29.3 Å². The lowest BCUT2D eigenvalue weighted by molar-refractivity contribution is -0.0102. The van der Waals surface area contributed by atoms with Crippen molar-refractivity contribution in [1.29, 1.82) is 0 Å². The Kier molecular flexibility index (Phi) is 3.42. The van der Waals surface area contributed by atoms with Crippen LogP contribution in [0.25, 0.3) is 5.69 Å². The number of rotatable bonds is 2. The first kappa shape index (κ1) is 15.4. The minimum atomic E-state index is 0.158. The Bertz CT molecular complexity index is 834. The first-order chi connectivity index (χ1) is 11.5. The molecular formula is C18H19Cl2N3S. The molecule has 0 spiro atoms. The van der Waals surface area contributed by atoms with E-state index in [1.165, 1.54) is 38.5 Å². The van der Waals surface area contributed by atoms with Crippen LogP contribution >= 0.6 is 35.4 Å². The lowest BCUT2D eigenvalue weighted by atomic mass is 9.49. The lowest BCUT2D eigenvalue weighted by Crippen LogP contribution is -2.49. The van der Waals surface area contributed by atoms with Crippen LogP contribution in [-0.2, 0) is 5.41 Å². The van der Waals surface area contributed by atoms with Crippen LogP contribution in [0.3, 0.4) is 0 Å². The Labute approximate surface area is 156 Å². The number of benzene rings is 1. The Hall–Kier alpha value is -0.840. The van der Waals surface area contributed by atoms with Gasteiger partial charge in [0.15, 0.2) is 4.77 Å². The number of H-pyrrole nitrogens is 1. The van der Waals surface area contributed by atoms with Crippen LogP contribution in [0, 0.1) is 22.5 Å². The van der Waals surface area contributed by atoms with Crippen LogP contribution < -0.4 is 0 Å². The maximum absolute atomic E-state index is 6.48. The molecule has 4 aliphatic rings. The van der Waals surface area contributed by atoms with Gasteiger partial charge in [-0.15, -0.1) is 0 Å². The number of halogens is 2. The van der Waals surface area contributed by atoms with Crippen LogP contribution in [0.4, 0.5) is 0 Å². The van der Waals surface area contributed by atoms with Crippen LogP contribution in [0.2, 0.25) is 10.0 Å². The number of nitrogens with one attached hydrogen (secondary N) is 1. The van der Waals surface area contributed by atoms with Gasteiger partial charge in [0.05, 0.1) is 10.7 Å². The summed E-state index contributed by atoms with van der Waals surface area (Å²) < 4.78 is 2.67. The molecule has 1 heterocycles. The molecule has 1 aromatic heterocycles. The molecule has 3 nitrogen and oxygen atoms in total. The molecule has 0 saturated heterocycles. The van der Waals surface area contributed by atoms with Gasteiger partial charge in [0.25, 0.3) is 0 Å². The van der Waals surface area contributed by atoms with Crippen molar-refractivity contribution in [1.82, 2.24) is 14.8 Å². The van der Waals surface area contributed by atoms with Gasteiger partial charge in [0, 0.05) is 10.4 Å². The van der Waals surface area contributed by atoms with Crippen molar-refractivity contribution in [3.63, 3.8) is 0 Å². The van der Waals surface area contributed by atoms with E-state index in [-0.39, 0.29) is 5.41 Å². The summed E-state index contributed by atoms with van der Waals surface area (Å²) in [4.78, 5) is 0. The van der Waals surface area contributed by atoms with Gasteiger partial charge in [-0.05, 0) is 86.7 Å². The van der Waals surface area contributed by atoms with E-state index >= 15 is 0 Å². The highest BCUT2D eigenvalue weighted by Crippen LogP contribution is 2.60. The zero-order valence-corrected chi connectivity index (χ0v) is 15.6. The zero-order valence-electron chi connectivity index (χ0n) is 13.3. The Morgan fingerprint density at radius 1 is 1.08 bits per heavy atom. The van der Waals surface area contributed by atoms with Gasteiger partial charge >= 0.3 is 0 Å². The second-order valence-corrected chi connectivity index (χ2v) is 9.21. The van der Waals surface area contributed by atoms with Crippen molar-refractivity contribution in [2.45, 2.75) is 43.9 Å². The van der Waals surface area contributed by atoms with Crippen molar-refractivity contribution in [2.24, 2.45) is 17.8 Å². The lowest BCUT2D eigenvalue weighted by Gasteiger charge is -2.56. The highest BCUT2D eigenvalue weighted by atomic mass is 35.5. The van der Waals surface area contributed by atoms with Crippen molar-refractivity contribution in [3.8, 4) is 5.69 Å². The monoisotopic (exact) mass is 379 g/mol. The molecule has 126 valence electrons. The predicted octanol–water partition coefficient (Wildman–Crippen LogP) is 5.70. The predicted molar refractivity (Wildman–Crippen MR) is 98.6 cm³/mol. The Morgan fingerprint density at radius 3 is 2.29 bits per heavy atom. The summed E-state index contributed by atoms with van der Waals surface area (Å²) in [7, 11) is 0. The number of aromatic nitrogens is 3. The second-order valence-electron chi connectivity index (χ2n) is 7.98. The molecule has 0 radical (unpaired) electrons. The average molecular weight is 380 g/mol. The number of aromatic amines is 1. The molecule has 4 bridgehead atoms. The summed E-state index contributed by atoms with van der Waals surface area (Å²) in [6.45, 7) is 0. The first-order valence-corrected chi connectivity index (χ1v) is 9.84. The van der Waals surface area contributed by atoms with E-state index in [4.69, 9.17) is 35.4 Å². The molecule has 1 N–H and O–H groups in total. The summed E-state index contributed by atoms with van der Waals surface area (Å²) in [6.07, 6.45) is 7.95. The number of hydrogen-bond acceptors (Lipinski definition) is 2. The third-order valence-electron chi connectivity index (χ3n) is 6.34. The fraction of sp³-hybridized carbons (Fsp3) is 0.556. The van der Waals surface area contributed by atoms with Gasteiger partial charge in [0.2, 0.25) is 0 Å². The molecule has 4 aliphatic carbocycles. The third-order valence-corrected chi connectivity index (χ3v) is 7.15. The summed E-state index contributed by atoms with van der Waals surface area (Å²) in [5, 5.41) is 8.98. The van der Waals surface area contributed by atoms with Gasteiger partial charge < -0.3 is 0 Å². The molecule has 0 amide bonds. The Balaban J connectivity index is 1.67. The maximum atomic E-state index is 6.48. The van der Waals surface area contributed by atoms with E-state index < -0.39 is 0 Å². The Morgan fingerprint density at radius 2 is 1.71 bits per heavy atom. The second kappa shape index (κ2) is 5.33. The van der Waals surface area contributed by atoms with Gasteiger partial charge in [-0.1, -0.05) is 23.2 Å². The summed E-state index contributed by atoms with van der Waals surface area (Å²) in [6, 6.07) is 5.58. The third kappa shape index (κ3) is 2.23. The fourth-order valence-corrected chi connectivity index (χ4v) is 6.65. The standard InChI is InChI=1S/C18H19Cl2N3S/c19-13-1-2-15(14(20)6-13)23-16(21-22-17(23)24)18-7-10-3-11(8-18)5-12(4-10)9-18/h1-2,6,10-12H,3-5,7-9H2,(H,22,24). The van der Waals surface area contributed by atoms with Gasteiger partial charge in [-0.2, -0.15) is 5.10 Å². The van der Waals surface area contributed by atoms with Gasteiger partial charge in [-0.25, -0.2) is 0 Å². The topological polar surface area (TPSA) is 33.6 Å². The van der Waals surface area contributed by atoms with Crippen molar-refractivity contribution in [3.05, 3.63) is 38.8 Å². The molecular weight excluding hydrogens is 361 g/mol. The zero-order chi connectivity index (χ0) is 16.5. The highest BCUT2D eigenvalue weighted by molar-refractivity contribution is 7.71. The van der Waals surface area contributed by atoms with Crippen LogP contribution in [0.15, 0.2) is 18.2 Å². The van der Waals surface area contributed by atoms with Crippen LogP contribution in [0.1, 0.15) is 44.3 Å². The fourth-order valence-electron chi connectivity index (χ4n) is 5.92. The van der Waals surface area contributed by atoms with Crippen LogP contribution in [-0.4, -0.2) is 14.8 Å². The minimum Gasteiger partial charge on any atom is -0.270 e. The molecule has 6 heteroatoms. The molecule has 0 aliphatic heterocycles. The molecule has 4 saturated carbocycles. The van der Waals surface area contributed by atoms with E-state index in [1.54, 1.807) is 6.07 Å². The van der Waals surface area contributed by atoms with Crippen molar-refractivity contribution >= 4 is 35.4 Å². The minimum absolute atomic E-state index is 0.158. The number of hydrogen-bond donors (Lipinski definition) is 1. The van der Waals surface area contributed by atoms with E-state index in [2.05, 4.69) is 14.8 Å². The molecule has 1 aromatic carbocycles. The maximum Gasteiger partial charge on any atom is 0.199 e. The van der Waals surface area contributed by atoms with Crippen molar-refractivity contribution < 1.29 is 0 Å². The largest absolute Gasteiger partial charge is 0.270 e. The van der Waals surface area contributed by atoms with Crippen molar-refractivity contribution in [2.75, 3.05) is 0 Å². The van der Waals surface area contributed by atoms with E-state index in [0.29, 0.717) is 14.8 Å². The SMILES string of the molecule is S=c1[nH]nc(C23CC4CC(CC(C4)C2)C3)n1-c1ccc(Cl)cc1Cl. The van der Waals surface area contributed by atoms with Crippen LogP contribution in [0.5, 0.6) is 0 Å². The molecule has 24 heavy (non-hydrogen) atoms. The molecule has 2 aromatic rings. The number of nitrogens with zero attached hydrogens (tertiary/aromatic N) is 2. The van der Waals surface area contributed by atoms with E-state index in [1.807, 2.05) is 12.1 Å². The molecule has 0 unspecified atom stereocenters. The summed E-state index contributed by atoms with van der Waals surface area (Å²) in [5.41, 5.74) is 1.04. The van der Waals surface area contributed by atoms with Gasteiger partial charge in [0.1, 0.15) is 5.82 Å². The average Bonchev–Trinajstić information content (AvgIpc) is 2.88. The molecule has 4 fully saturated rings. The van der Waals surface area contributed by atoms with E-state index in [9.17, 15) is 0 Å². The highest BCUT2D eigenvalue weighted by Gasteiger charge is 2.53. The smallest absolute Gasteiger partial charge is 0.199 e. The molecule has 6 rings (SSSR count). The quantitative estimate of drug-likeness (QED) is 0.678. The normalized spacial score (nSPS) is 34.0. The first-order valence-electron chi connectivity index (χ1n) is 8.67. The molecule has 0 atom stereocenters. The van der Waals surface area contributed by atoms with Gasteiger partial charge in [-0.3, -0.25) is 9.67 Å². The summed E-state index contributed by atoms with van der Waals surface area (Å²) in [5.74, 6) is 3.65. The summed E-state index contributed by atoms with van der Waals surface area (Å²) >= 11 is 18.1.